The summed E-state index contributed by atoms with van der Waals surface area (Å²) in [6.07, 6.45) is 0.562. The monoisotopic (exact) mass is 230 g/mol. The highest BCUT2D eigenvalue weighted by Crippen LogP contribution is 2.28. The van der Waals surface area contributed by atoms with Crippen LogP contribution in [-0.2, 0) is 24.8 Å². The van der Waals surface area contributed by atoms with E-state index < -0.39 is 12.0 Å². The highest BCUT2D eigenvalue weighted by Gasteiger charge is 2.27. The Morgan fingerprint density at radius 2 is 2.24 bits per heavy atom. The van der Waals surface area contributed by atoms with E-state index in [4.69, 9.17) is 5.11 Å². The van der Waals surface area contributed by atoms with Gasteiger partial charge in [-0.25, -0.2) is 0 Å². The Balaban J connectivity index is 2.18. The van der Waals surface area contributed by atoms with Gasteiger partial charge in [0, 0.05) is 36.6 Å². The molecule has 1 aromatic carbocycles. The van der Waals surface area contributed by atoms with Gasteiger partial charge in [0.15, 0.2) is 0 Å². The average molecular weight is 230 g/mol. The lowest BCUT2D eigenvalue weighted by Gasteiger charge is -2.21. The fourth-order valence-corrected chi connectivity index (χ4v) is 2.65. The Morgan fingerprint density at radius 1 is 1.47 bits per heavy atom. The van der Waals surface area contributed by atoms with Crippen LogP contribution in [0.1, 0.15) is 11.3 Å². The van der Waals surface area contributed by atoms with E-state index in [0.29, 0.717) is 13.0 Å². The average Bonchev–Trinajstić information content (AvgIpc) is 2.64. The number of fused-ring (bicyclic) bond motifs is 3. The summed E-state index contributed by atoms with van der Waals surface area (Å²) < 4.78 is 2.15. The second-order valence-corrected chi connectivity index (χ2v) is 4.48. The number of hydrogen-bond donors (Lipinski definition) is 2. The van der Waals surface area contributed by atoms with E-state index >= 15 is 0 Å². The van der Waals surface area contributed by atoms with Crippen molar-refractivity contribution in [3.63, 3.8) is 0 Å². The van der Waals surface area contributed by atoms with Gasteiger partial charge in [-0.1, -0.05) is 18.2 Å². The lowest BCUT2D eigenvalue weighted by molar-refractivity contribution is -0.139. The summed E-state index contributed by atoms with van der Waals surface area (Å²) in [5.41, 5.74) is 3.54. The quantitative estimate of drug-likeness (QED) is 0.776. The van der Waals surface area contributed by atoms with Crippen LogP contribution < -0.4 is 5.32 Å². The molecule has 4 nitrogen and oxygen atoms in total. The summed E-state index contributed by atoms with van der Waals surface area (Å²) in [6.45, 7) is 0.622. The van der Waals surface area contributed by atoms with Crippen LogP contribution in [0.3, 0.4) is 0 Å². The maximum Gasteiger partial charge on any atom is 0.321 e. The molecule has 0 unspecified atom stereocenters. The van der Waals surface area contributed by atoms with E-state index in [9.17, 15) is 4.79 Å². The third-order valence-corrected chi connectivity index (χ3v) is 3.57. The number of nitrogens with zero attached hydrogens (tertiary/aromatic N) is 1. The number of carboxylic acid groups (broad SMARTS) is 1. The van der Waals surface area contributed by atoms with Gasteiger partial charge in [-0.3, -0.25) is 10.1 Å². The van der Waals surface area contributed by atoms with Crippen molar-refractivity contribution in [2.24, 2.45) is 7.05 Å². The highest BCUT2D eigenvalue weighted by molar-refractivity contribution is 5.87. The van der Waals surface area contributed by atoms with Gasteiger partial charge in [0.05, 0.1) is 0 Å². The van der Waals surface area contributed by atoms with E-state index in [-0.39, 0.29) is 0 Å². The molecule has 4 heteroatoms. The van der Waals surface area contributed by atoms with Crippen molar-refractivity contribution in [2.75, 3.05) is 0 Å². The smallest absolute Gasteiger partial charge is 0.321 e. The van der Waals surface area contributed by atoms with Gasteiger partial charge < -0.3 is 9.67 Å². The number of hydrogen-bond acceptors (Lipinski definition) is 2. The number of para-hydroxylation sites is 1. The minimum Gasteiger partial charge on any atom is -0.480 e. The van der Waals surface area contributed by atoms with Gasteiger partial charge in [-0.15, -0.1) is 0 Å². The van der Waals surface area contributed by atoms with E-state index in [1.807, 2.05) is 19.2 Å². The Hall–Kier alpha value is -1.81. The fourth-order valence-electron chi connectivity index (χ4n) is 2.65. The molecule has 88 valence electrons. The molecule has 0 aliphatic carbocycles. The topological polar surface area (TPSA) is 54.3 Å². The van der Waals surface area contributed by atoms with Gasteiger partial charge >= 0.3 is 5.97 Å². The number of carboxylic acids is 1. The zero-order valence-electron chi connectivity index (χ0n) is 9.60. The second kappa shape index (κ2) is 3.60. The van der Waals surface area contributed by atoms with E-state index in [1.165, 1.54) is 22.2 Å². The number of benzene rings is 1. The molecule has 0 bridgehead atoms. The molecule has 0 amide bonds. The molecule has 0 spiro atoms. The van der Waals surface area contributed by atoms with Crippen LogP contribution in [0.25, 0.3) is 10.9 Å². The first-order chi connectivity index (χ1) is 8.18. The zero-order chi connectivity index (χ0) is 12.0. The molecule has 1 aliphatic rings. The molecule has 17 heavy (non-hydrogen) atoms. The predicted octanol–water partition coefficient (Wildman–Crippen LogP) is 1.28. The molecule has 0 radical (unpaired) electrons. The molecule has 0 saturated heterocycles. The molecule has 1 atom stereocenters. The van der Waals surface area contributed by atoms with Gasteiger partial charge in [0.2, 0.25) is 0 Å². The normalized spacial score (nSPS) is 19.2. The maximum atomic E-state index is 11.0. The Bertz CT molecular complexity index is 601. The van der Waals surface area contributed by atoms with Crippen molar-refractivity contribution >= 4 is 16.9 Å². The number of aryl methyl sites for hydroxylation is 1. The lowest BCUT2D eigenvalue weighted by Crippen LogP contribution is -2.41. The minimum atomic E-state index is -0.774. The van der Waals surface area contributed by atoms with Crippen molar-refractivity contribution in [2.45, 2.75) is 19.0 Å². The lowest BCUT2D eigenvalue weighted by atomic mass is 9.99. The van der Waals surface area contributed by atoms with Crippen LogP contribution in [0, 0.1) is 0 Å². The van der Waals surface area contributed by atoms with Crippen LogP contribution >= 0.6 is 0 Å². The number of aliphatic carboxylic acids is 1. The van der Waals surface area contributed by atoms with Crippen LogP contribution in [0.15, 0.2) is 24.3 Å². The zero-order valence-corrected chi connectivity index (χ0v) is 9.60. The Labute approximate surface area is 98.9 Å². The molecule has 0 fully saturated rings. The highest BCUT2D eigenvalue weighted by atomic mass is 16.4. The second-order valence-electron chi connectivity index (χ2n) is 4.48. The largest absolute Gasteiger partial charge is 0.480 e. The first-order valence-corrected chi connectivity index (χ1v) is 5.70. The van der Waals surface area contributed by atoms with Crippen molar-refractivity contribution in [3.05, 3.63) is 35.5 Å². The first-order valence-electron chi connectivity index (χ1n) is 5.70. The maximum absolute atomic E-state index is 11.0. The van der Waals surface area contributed by atoms with Gasteiger partial charge in [-0.2, -0.15) is 0 Å². The first kappa shape index (κ1) is 10.4. The summed E-state index contributed by atoms with van der Waals surface area (Å²) >= 11 is 0. The summed E-state index contributed by atoms with van der Waals surface area (Å²) in [4.78, 5) is 11.0. The molecule has 1 aliphatic heterocycles. The third-order valence-electron chi connectivity index (χ3n) is 3.57. The number of rotatable bonds is 1. The van der Waals surface area contributed by atoms with Crippen LogP contribution in [0.4, 0.5) is 0 Å². The van der Waals surface area contributed by atoms with Crippen molar-refractivity contribution in [1.29, 1.82) is 0 Å². The molecular formula is C13H14N2O2. The number of aromatic nitrogens is 1. The molecule has 0 saturated carbocycles. The molecule has 2 N–H and O–H groups in total. The predicted molar refractivity (Wildman–Crippen MR) is 64.9 cm³/mol. The van der Waals surface area contributed by atoms with Crippen LogP contribution in [-0.4, -0.2) is 21.7 Å². The fraction of sp³-hybridized carbons (Fsp3) is 0.308. The van der Waals surface area contributed by atoms with Crippen molar-refractivity contribution in [1.82, 2.24) is 9.88 Å². The molecule has 3 rings (SSSR count). The number of carbonyl (C=O) groups is 1. The standard InChI is InChI=1S/C13H14N2O2/c1-15-11-5-3-2-4-8(11)9-6-10(13(16)17)14-7-12(9)15/h2-5,10,14H,6-7H2,1H3,(H,16,17)/t10-/m1/s1. The van der Waals surface area contributed by atoms with E-state index in [0.717, 1.165) is 0 Å². The van der Waals surface area contributed by atoms with E-state index in [2.05, 4.69) is 22.0 Å². The minimum absolute atomic E-state index is 0.465. The van der Waals surface area contributed by atoms with Gasteiger partial charge in [-0.05, 0) is 11.6 Å². The molecule has 2 heterocycles. The summed E-state index contributed by atoms with van der Waals surface area (Å²) in [6, 6.07) is 7.69. The SMILES string of the molecule is Cn1c2c(c3ccccc31)C[C@H](C(=O)O)NC2. The van der Waals surface area contributed by atoms with Gasteiger partial charge in [0.25, 0.3) is 0 Å². The van der Waals surface area contributed by atoms with Crippen LogP contribution in [0.5, 0.6) is 0 Å². The summed E-state index contributed by atoms with van der Waals surface area (Å²) in [5, 5.41) is 13.3. The summed E-state index contributed by atoms with van der Waals surface area (Å²) in [5.74, 6) is -0.774. The Kier molecular flexibility index (Phi) is 2.19. The number of nitrogens with one attached hydrogen (secondary N) is 1. The van der Waals surface area contributed by atoms with Gasteiger partial charge in [0.1, 0.15) is 6.04 Å². The molecule has 2 aromatic rings. The van der Waals surface area contributed by atoms with Crippen LogP contribution in [0.2, 0.25) is 0 Å². The summed E-state index contributed by atoms with van der Waals surface area (Å²) in [7, 11) is 2.03. The van der Waals surface area contributed by atoms with Crippen molar-refractivity contribution in [3.8, 4) is 0 Å². The van der Waals surface area contributed by atoms with Crippen molar-refractivity contribution < 1.29 is 9.90 Å². The van der Waals surface area contributed by atoms with E-state index in [1.54, 1.807) is 0 Å². The third kappa shape index (κ3) is 1.45. The molecular weight excluding hydrogens is 216 g/mol. The molecule has 1 aromatic heterocycles. The Morgan fingerprint density at radius 3 is 3.00 bits per heavy atom.